The van der Waals surface area contributed by atoms with Crippen molar-refractivity contribution in [1.82, 2.24) is 0 Å². The van der Waals surface area contributed by atoms with Gasteiger partial charge in [0.05, 0.1) is 0 Å². The number of nitro groups is 2. The van der Waals surface area contributed by atoms with E-state index in [4.69, 9.17) is 11.2 Å². The SMILES string of the molecule is Cc1ccc(P(Cl)(Cc2cc([N+](=O)[O-])cc([N+](=O)[O-])c2)(c2ccc(C)cc2)c2ccc(C)cc2)cc1. The number of halogens is 1. The van der Waals surface area contributed by atoms with Crippen molar-refractivity contribution in [2.45, 2.75) is 26.9 Å². The summed E-state index contributed by atoms with van der Waals surface area (Å²) in [6.45, 7) is 5.98. The summed E-state index contributed by atoms with van der Waals surface area (Å²) in [5, 5.41) is 26.0. The second-order valence-corrected chi connectivity index (χ2v) is 15.7. The average molecular weight is 521 g/mol. The molecule has 0 saturated heterocycles. The zero-order valence-electron chi connectivity index (χ0n) is 20.2. The molecule has 0 saturated carbocycles. The van der Waals surface area contributed by atoms with Crippen molar-refractivity contribution in [3.05, 3.63) is 133 Å². The van der Waals surface area contributed by atoms with E-state index in [1.165, 1.54) is 12.1 Å². The van der Waals surface area contributed by atoms with Crippen LogP contribution in [-0.4, -0.2) is 9.85 Å². The van der Waals surface area contributed by atoms with Gasteiger partial charge in [0, 0.05) is 0 Å². The molecule has 0 spiro atoms. The molecule has 0 atom stereocenters. The summed E-state index contributed by atoms with van der Waals surface area (Å²) in [6.07, 6.45) is 0.171. The minimum absolute atomic E-state index is 0.171. The molecule has 6 nitrogen and oxygen atoms in total. The van der Waals surface area contributed by atoms with E-state index in [0.29, 0.717) is 5.56 Å². The van der Waals surface area contributed by atoms with Gasteiger partial charge in [-0.05, 0) is 0 Å². The van der Waals surface area contributed by atoms with Crippen molar-refractivity contribution in [2.75, 3.05) is 0 Å². The molecule has 0 radical (unpaired) electrons. The first kappa shape index (κ1) is 25.5. The number of nitrogens with zero attached hydrogens (tertiary/aromatic N) is 2. The van der Waals surface area contributed by atoms with Crippen molar-refractivity contribution in [3.8, 4) is 0 Å². The maximum absolute atomic E-state index is 11.7. The Balaban J connectivity index is 2.12. The van der Waals surface area contributed by atoms with Crippen LogP contribution in [0.4, 0.5) is 11.4 Å². The van der Waals surface area contributed by atoms with Crippen LogP contribution in [-0.2, 0) is 6.16 Å². The fourth-order valence-electron chi connectivity index (χ4n) is 4.59. The monoisotopic (exact) mass is 520 g/mol. The van der Waals surface area contributed by atoms with E-state index in [9.17, 15) is 20.2 Å². The van der Waals surface area contributed by atoms with Crippen LogP contribution in [0.25, 0.3) is 0 Å². The van der Waals surface area contributed by atoms with Gasteiger partial charge in [0.1, 0.15) is 0 Å². The zero-order chi connectivity index (χ0) is 26.1. The Hall–Kier alpha value is -3.60. The molecule has 36 heavy (non-hydrogen) atoms. The van der Waals surface area contributed by atoms with Gasteiger partial charge in [0.25, 0.3) is 0 Å². The maximum atomic E-state index is 11.7. The Morgan fingerprint density at radius 2 is 0.917 bits per heavy atom. The summed E-state index contributed by atoms with van der Waals surface area (Å²) in [6, 6.07) is 27.8. The summed E-state index contributed by atoms with van der Waals surface area (Å²) in [7, 11) is 0. The Bertz CT molecular complexity index is 1310. The summed E-state index contributed by atoms with van der Waals surface area (Å²) >= 11 is 8.12. The third kappa shape index (κ3) is 4.50. The number of aryl methyl sites for hydroxylation is 3. The summed E-state index contributed by atoms with van der Waals surface area (Å²) in [5.74, 6) is -3.85. The Labute approximate surface area is 214 Å². The van der Waals surface area contributed by atoms with Crippen LogP contribution in [0.1, 0.15) is 22.3 Å². The van der Waals surface area contributed by atoms with Gasteiger partial charge in [-0.15, -0.1) is 0 Å². The van der Waals surface area contributed by atoms with Crippen LogP contribution in [0.5, 0.6) is 0 Å². The molecule has 0 fully saturated rings. The molecule has 0 aliphatic carbocycles. The first-order valence-electron chi connectivity index (χ1n) is 11.4. The normalized spacial score (nSPS) is 12.5. The fourth-order valence-corrected chi connectivity index (χ4v) is 10.6. The quantitative estimate of drug-likeness (QED) is 0.156. The molecule has 0 aliphatic rings. The predicted octanol–water partition coefficient (Wildman–Crippen LogP) is 6.61. The van der Waals surface area contributed by atoms with Crippen molar-refractivity contribution in [2.24, 2.45) is 0 Å². The summed E-state index contributed by atoms with van der Waals surface area (Å²) in [4.78, 5) is 22.1. The molecule has 8 heteroatoms. The molecule has 0 N–H and O–H groups in total. The first-order valence-corrected chi connectivity index (χ1v) is 14.7. The number of nitro benzene ring substituents is 2. The van der Waals surface area contributed by atoms with Gasteiger partial charge >= 0.3 is 215 Å². The number of hydrogen-bond donors (Lipinski definition) is 0. The molecular weight excluding hydrogens is 495 g/mol. The van der Waals surface area contributed by atoms with Gasteiger partial charge < -0.3 is 0 Å². The number of hydrogen-bond acceptors (Lipinski definition) is 4. The van der Waals surface area contributed by atoms with Crippen LogP contribution < -0.4 is 15.9 Å². The van der Waals surface area contributed by atoms with E-state index in [0.717, 1.165) is 38.7 Å². The molecule has 184 valence electrons. The Morgan fingerprint density at radius 1 is 0.611 bits per heavy atom. The first-order chi connectivity index (χ1) is 17.0. The van der Waals surface area contributed by atoms with Crippen molar-refractivity contribution < 1.29 is 9.85 Å². The average Bonchev–Trinajstić information content (AvgIpc) is 2.85. The molecule has 0 heterocycles. The third-order valence-electron chi connectivity index (χ3n) is 6.58. The van der Waals surface area contributed by atoms with E-state index in [-0.39, 0.29) is 17.5 Å². The second kappa shape index (κ2) is 9.45. The predicted molar refractivity (Wildman–Crippen MR) is 149 cm³/mol. The van der Waals surface area contributed by atoms with Gasteiger partial charge in [-0.25, -0.2) is 0 Å². The van der Waals surface area contributed by atoms with Crippen molar-refractivity contribution in [3.63, 3.8) is 0 Å². The van der Waals surface area contributed by atoms with Crippen LogP contribution in [0, 0.1) is 41.0 Å². The molecule has 0 bridgehead atoms. The topological polar surface area (TPSA) is 86.3 Å². The molecule has 4 aromatic rings. The van der Waals surface area contributed by atoms with Crippen molar-refractivity contribution >= 4 is 44.5 Å². The van der Waals surface area contributed by atoms with E-state index in [2.05, 4.69) is 0 Å². The third-order valence-corrected chi connectivity index (χ3v) is 13.8. The van der Waals surface area contributed by atoms with Gasteiger partial charge in [-0.2, -0.15) is 0 Å². The van der Waals surface area contributed by atoms with Crippen LogP contribution in [0.15, 0.2) is 91.0 Å². The second-order valence-electron chi connectivity index (χ2n) is 9.22. The Kier molecular flexibility index (Phi) is 6.70. The number of rotatable bonds is 7. The molecule has 0 aliphatic heterocycles. The summed E-state index contributed by atoms with van der Waals surface area (Å²) in [5.41, 5.74) is 2.97. The van der Waals surface area contributed by atoms with E-state index in [1.807, 2.05) is 93.6 Å². The van der Waals surface area contributed by atoms with E-state index >= 15 is 0 Å². The molecule has 0 aromatic heterocycles. The number of benzene rings is 4. The molecular formula is C28H26ClN2O4P. The zero-order valence-corrected chi connectivity index (χ0v) is 21.9. The Morgan fingerprint density at radius 3 is 1.19 bits per heavy atom. The van der Waals surface area contributed by atoms with Gasteiger partial charge in [-0.3, -0.25) is 0 Å². The number of non-ortho nitro benzene ring substituents is 2. The van der Waals surface area contributed by atoms with Crippen LogP contribution >= 0.6 is 17.2 Å². The van der Waals surface area contributed by atoms with Crippen molar-refractivity contribution in [1.29, 1.82) is 0 Å². The molecule has 4 rings (SSSR count). The minimum atomic E-state index is -3.85. The fraction of sp³-hybridized carbons (Fsp3) is 0.143. The van der Waals surface area contributed by atoms with Crippen LogP contribution in [0.3, 0.4) is 0 Å². The summed E-state index contributed by atoms with van der Waals surface area (Å²) < 4.78 is 0. The molecule has 0 unspecified atom stereocenters. The van der Waals surface area contributed by atoms with E-state index in [1.54, 1.807) is 0 Å². The van der Waals surface area contributed by atoms with Gasteiger partial charge in [-0.1, -0.05) is 0 Å². The molecule has 4 aromatic carbocycles. The molecule has 0 amide bonds. The van der Waals surface area contributed by atoms with Crippen LogP contribution in [0.2, 0.25) is 0 Å². The standard InChI is InChI=1S/C28H26ClN2O4P/c1-20-4-10-26(11-5-20)36(29,27-12-6-21(2)7-13-27,28-14-8-22(3)9-15-28)19-23-16-24(30(32)33)18-25(17-23)31(34)35/h4-18H,19H2,1-3H3. The van der Waals surface area contributed by atoms with Gasteiger partial charge in [0.2, 0.25) is 0 Å². The van der Waals surface area contributed by atoms with Gasteiger partial charge in [0.15, 0.2) is 0 Å². The van der Waals surface area contributed by atoms with E-state index < -0.39 is 15.8 Å².